The lowest BCUT2D eigenvalue weighted by Gasteiger charge is -2.06. The van der Waals surface area contributed by atoms with Crippen molar-refractivity contribution in [1.29, 1.82) is 0 Å². The fraction of sp³-hybridized carbons (Fsp3) is 0.136. The van der Waals surface area contributed by atoms with E-state index >= 15 is 0 Å². The van der Waals surface area contributed by atoms with E-state index in [2.05, 4.69) is 15.4 Å². The van der Waals surface area contributed by atoms with Crippen molar-refractivity contribution in [3.63, 3.8) is 0 Å². The van der Waals surface area contributed by atoms with Crippen molar-refractivity contribution in [3.05, 3.63) is 89.9 Å². The summed E-state index contributed by atoms with van der Waals surface area (Å²) in [6.45, 7) is 2.44. The standard InChI is InChI=1S/C22H20N4O2/c1-16-9-11-18(12-10-16)21-24-22(23-15-19-8-5-13-28-19)26(25-21)20(27)14-17-6-3-2-4-7-17/h2-13H,14-15H2,1H3,(H,23,24,25). The zero-order valence-corrected chi connectivity index (χ0v) is 15.5. The summed E-state index contributed by atoms with van der Waals surface area (Å²) >= 11 is 0. The minimum absolute atomic E-state index is 0.154. The molecule has 0 spiro atoms. The fourth-order valence-electron chi connectivity index (χ4n) is 2.85. The number of aryl methyl sites for hydroxylation is 1. The van der Waals surface area contributed by atoms with Crippen LogP contribution in [-0.4, -0.2) is 20.7 Å². The number of nitrogens with zero attached hydrogens (tertiary/aromatic N) is 3. The maximum absolute atomic E-state index is 12.9. The van der Waals surface area contributed by atoms with Gasteiger partial charge in [-0.3, -0.25) is 4.79 Å². The lowest BCUT2D eigenvalue weighted by atomic mass is 10.1. The van der Waals surface area contributed by atoms with Gasteiger partial charge >= 0.3 is 0 Å². The van der Waals surface area contributed by atoms with E-state index in [1.807, 2.05) is 73.7 Å². The highest BCUT2D eigenvalue weighted by Crippen LogP contribution is 2.19. The molecule has 0 aliphatic rings. The van der Waals surface area contributed by atoms with E-state index in [9.17, 15) is 4.79 Å². The summed E-state index contributed by atoms with van der Waals surface area (Å²) in [5.74, 6) is 1.50. The molecule has 6 nitrogen and oxygen atoms in total. The molecule has 2 aromatic carbocycles. The first-order valence-corrected chi connectivity index (χ1v) is 9.06. The highest BCUT2D eigenvalue weighted by atomic mass is 16.3. The van der Waals surface area contributed by atoms with Gasteiger partial charge in [-0.25, -0.2) is 0 Å². The minimum Gasteiger partial charge on any atom is -0.467 e. The molecule has 0 bridgehead atoms. The Hall–Kier alpha value is -3.67. The van der Waals surface area contributed by atoms with Gasteiger partial charge < -0.3 is 9.73 Å². The van der Waals surface area contributed by atoms with Gasteiger partial charge in [0.2, 0.25) is 5.95 Å². The van der Waals surface area contributed by atoms with Crippen LogP contribution < -0.4 is 5.32 Å². The van der Waals surface area contributed by atoms with Crippen molar-refractivity contribution < 1.29 is 9.21 Å². The van der Waals surface area contributed by atoms with Crippen LogP contribution in [0, 0.1) is 6.92 Å². The first-order chi connectivity index (χ1) is 13.7. The van der Waals surface area contributed by atoms with Crippen LogP contribution in [0.5, 0.6) is 0 Å². The number of hydrogen-bond donors (Lipinski definition) is 1. The van der Waals surface area contributed by atoms with Crippen molar-refractivity contribution in [2.24, 2.45) is 0 Å². The summed E-state index contributed by atoms with van der Waals surface area (Å²) in [5, 5.41) is 7.63. The van der Waals surface area contributed by atoms with E-state index in [1.165, 1.54) is 4.68 Å². The van der Waals surface area contributed by atoms with Crippen molar-refractivity contribution in [2.45, 2.75) is 19.9 Å². The Balaban J connectivity index is 1.63. The van der Waals surface area contributed by atoms with Crippen molar-refractivity contribution in [2.75, 3.05) is 5.32 Å². The van der Waals surface area contributed by atoms with Crippen LogP contribution in [0.25, 0.3) is 11.4 Å². The monoisotopic (exact) mass is 372 g/mol. The molecule has 0 saturated heterocycles. The molecule has 4 aromatic rings. The Morgan fingerprint density at radius 1 is 1.04 bits per heavy atom. The molecule has 140 valence electrons. The van der Waals surface area contributed by atoms with Gasteiger partial charge in [0.25, 0.3) is 5.91 Å². The molecule has 0 aliphatic carbocycles. The number of furan rings is 1. The summed E-state index contributed by atoms with van der Waals surface area (Å²) < 4.78 is 6.69. The predicted molar refractivity (Wildman–Crippen MR) is 107 cm³/mol. The smallest absolute Gasteiger partial charge is 0.254 e. The number of carbonyl (C=O) groups excluding carboxylic acids is 1. The Labute approximate surface area is 162 Å². The van der Waals surface area contributed by atoms with Crippen LogP contribution in [0.2, 0.25) is 0 Å². The number of aromatic nitrogens is 3. The first kappa shape index (κ1) is 17.7. The summed E-state index contributed by atoms with van der Waals surface area (Å²) in [6.07, 6.45) is 1.85. The summed E-state index contributed by atoms with van der Waals surface area (Å²) in [5.41, 5.74) is 2.94. The van der Waals surface area contributed by atoms with Crippen LogP contribution in [0.1, 0.15) is 21.7 Å². The molecular weight excluding hydrogens is 352 g/mol. The Morgan fingerprint density at radius 2 is 1.82 bits per heavy atom. The van der Waals surface area contributed by atoms with Gasteiger partial charge in [-0.15, -0.1) is 5.10 Å². The molecule has 0 aliphatic heterocycles. The van der Waals surface area contributed by atoms with Crippen LogP contribution in [-0.2, 0) is 13.0 Å². The van der Waals surface area contributed by atoms with E-state index in [1.54, 1.807) is 6.26 Å². The molecule has 6 heteroatoms. The lowest BCUT2D eigenvalue weighted by Crippen LogP contribution is -2.18. The summed E-state index contributed by atoms with van der Waals surface area (Å²) in [7, 11) is 0. The third kappa shape index (κ3) is 4.01. The van der Waals surface area contributed by atoms with Gasteiger partial charge in [-0.05, 0) is 24.6 Å². The van der Waals surface area contributed by atoms with Crippen LogP contribution in [0.15, 0.2) is 77.4 Å². The SMILES string of the molecule is Cc1ccc(-c2nc(NCc3ccco3)n(C(=O)Cc3ccccc3)n2)cc1. The second-order valence-electron chi connectivity index (χ2n) is 6.53. The topological polar surface area (TPSA) is 73.0 Å². The molecule has 2 heterocycles. The predicted octanol–water partition coefficient (Wildman–Crippen LogP) is 4.34. The van der Waals surface area contributed by atoms with Crippen LogP contribution in [0.4, 0.5) is 5.95 Å². The zero-order chi connectivity index (χ0) is 19.3. The minimum atomic E-state index is -0.154. The maximum atomic E-state index is 12.9. The Morgan fingerprint density at radius 3 is 2.54 bits per heavy atom. The molecule has 2 aromatic heterocycles. The van der Waals surface area contributed by atoms with E-state index in [0.717, 1.165) is 22.5 Å². The van der Waals surface area contributed by atoms with Gasteiger partial charge in [0.1, 0.15) is 5.76 Å². The van der Waals surface area contributed by atoms with Gasteiger partial charge in [0.05, 0.1) is 19.2 Å². The van der Waals surface area contributed by atoms with Gasteiger partial charge in [0.15, 0.2) is 5.82 Å². The van der Waals surface area contributed by atoms with Crippen molar-refractivity contribution >= 4 is 11.9 Å². The normalized spacial score (nSPS) is 10.8. The van der Waals surface area contributed by atoms with Gasteiger partial charge in [0, 0.05) is 5.56 Å². The number of rotatable bonds is 6. The quantitative estimate of drug-likeness (QED) is 0.545. The van der Waals surface area contributed by atoms with E-state index in [4.69, 9.17) is 4.42 Å². The zero-order valence-electron chi connectivity index (χ0n) is 15.5. The molecule has 28 heavy (non-hydrogen) atoms. The first-order valence-electron chi connectivity index (χ1n) is 9.06. The molecule has 4 rings (SSSR count). The average Bonchev–Trinajstić information content (AvgIpc) is 3.37. The largest absolute Gasteiger partial charge is 0.467 e. The Kier molecular flexibility index (Phi) is 5.01. The second kappa shape index (κ2) is 7.92. The summed E-state index contributed by atoms with van der Waals surface area (Å²) in [4.78, 5) is 17.4. The molecular formula is C22H20N4O2. The Bertz CT molecular complexity index is 1050. The maximum Gasteiger partial charge on any atom is 0.254 e. The highest BCUT2D eigenvalue weighted by Gasteiger charge is 2.18. The molecule has 0 amide bonds. The fourth-order valence-corrected chi connectivity index (χ4v) is 2.85. The van der Waals surface area contributed by atoms with Gasteiger partial charge in [-0.2, -0.15) is 9.67 Å². The van der Waals surface area contributed by atoms with Crippen LogP contribution in [0.3, 0.4) is 0 Å². The second-order valence-corrected chi connectivity index (χ2v) is 6.53. The molecule has 0 atom stereocenters. The third-order valence-corrected chi connectivity index (χ3v) is 4.35. The highest BCUT2D eigenvalue weighted by molar-refractivity contribution is 5.83. The molecule has 0 unspecified atom stereocenters. The van der Waals surface area contributed by atoms with Crippen LogP contribution >= 0.6 is 0 Å². The summed E-state index contributed by atoms with van der Waals surface area (Å²) in [6, 6.07) is 21.2. The number of carbonyl (C=O) groups is 1. The number of benzene rings is 2. The van der Waals surface area contributed by atoms with E-state index in [-0.39, 0.29) is 12.3 Å². The molecule has 0 radical (unpaired) electrons. The number of hydrogen-bond acceptors (Lipinski definition) is 5. The number of nitrogens with one attached hydrogen (secondary N) is 1. The van der Waals surface area contributed by atoms with Crippen molar-refractivity contribution in [3.8, 4) is 11.4 Å². The average molecular weight is 372 g/mol. The molecule has 1 N–H and O–H groups in total. The third-order valence-electron chi connectivity index (χ3n) is 4.35. The molecule has 0 fully saturated rings. The lowest BCUT2D eigenvalue weighted by molar-refractivity contribution is 0.0901. The van der Waals surface area contributed by atoms with Gasteiger partial charge in [-0.1, -0.05) is 60.2 Å². The number of anilines is 1. The molecule has 0 saturated carbocycles. The van der Waals surface area contributed by atoms with E-state index < -0.39 is 0 Å². The van der Waals surface area contributed by atoms with Crippen molar-refractivity contribution in [1.82, 2.24) is 14.8 Å². The van der Waals surface area contributed by atoms with E-state index in [0.29, 0.717) is 18.3 Å².